The molecule has 0 heterocycles. The van der Waals surface area contributed by atoms with Gasteiger partial charge >= 0.3 is 0 Å². The molecule has 0 aliphatic heterocycles. The summed E-state index contributed by atoms with van der Waals surface area (Å²) in [6.07, 6.45) is 0. The monoisotopic (exact) mass is 166 g/mol. The summed E-state index contributed by atoms with van der Waals surface area (Å²) in [5, 5.41) is 0.573. The van der Waals surface area contributed by atoms with E-state index in [9.17, 15) is 0 Å². The molecule has 0 amide bonds. The zero-order valence-electron chi connectivity index (χ0n) is 6.52. The van der Waals surface area contributed by atoms with E-state index >= 15 is 0 Å². The van der Waals surface area contributed by atoms with Gasteiger partial charge in [0.2, 0.25) is 0 Å². The molecule has 1 aromatic rings. The predicted octanol–water partition coefficient (Wildman–Crippen LogP) is 1.45. The fourth-order valence-corrected chi connectivity index (χ4v) is 1.11. The van der Waals surface area contributed by atoms with Gasteiger partial charge < -0.3 is 4.74 Å². The molecule has 0 bridgehead atoms. The van der Waals surface area contributed by atoms with Gasteiger partial charge in [-0.1, -0.05) is 17.1 Å². The lowest BCUT2D eigenvalue weighted by Gasteiger charge is -2.06. The van der Waals surface area contributed by atoms with E-state index in [0.717, 1.165) is 11.3 Å². The van der Waals surface area contributed by atoms with Crippen LogP contribution in [0.2, 0.25) is 5.02 Å². The van der Waals surface area contributed by atoms with Gasteiger partial charge in [-0.15, -0.1) is 0 Å². The number of hydrogen-bond acceptors (Lipinski definition) is 1. The van der Waals surface area contributed by atoms with E-state index in [1.165, 1.54) is 0 Å². The fourth-order valence-electron chi connectivity index (χ4n) is 0.888. The number of methoxy groups -OCH3 is 1. The Balaban J connectivity index is 3.21. The molecule has 0 N–H and O–H groups in total. The van der Waals surface area contributed by atoms with Crippen LogP contribution >= 0.6 is 11.6 Å². The minimum absolute atomic E-state index is 0.550. The van der Waals surface area contributed by atoms with E-state index in [1.807, 2.05) is 6.92 Å². The number of rotatable bonds is 1. The topological polar surface area (TPSA) is 9.23 Å². The van der Waals surface area contributed by atoms with Crippen LogP contribution in [0.3, 0.4) is 0 Å². The van der Waals surface area contributed by atoms with Crippen molar-refractivity contribution in [3.8, 4) is 5.75 Å². The van der Waals surface area contributed by atoms with Crippen LogP contribution < -0.4 is 10.2 Å². The van der Waals surface area contributed by atoms with E-state index in [-0.39, 0.29) is 0 Å². The first-order chi connectivity index (χ1) is 5.15. The van der Waals surface area contributed by atoms with Gasteiger partial charge in [0, 0.05) is 5.02 Å². The predicted molar refractivity (Wildman–Crippen MR) is 48.1 cm³/mol. The second-order valence-corrected chi connectivity index (χ2v) is 2.75. The van der Waals surface area contributed by atoms with Gasteiger partial charge in [0.15, 0.2) is 0 Å². The Hall–Kier alpha value is -0.625. The van der Waals surface area contributed by atoms with Crippen molar-refractivity contribution in [3.63, 3.8) is 0 Å². The normalized spacial score (nSPS) is 9.73. The summed E-state index contributed by atoms with van der Waals surface area (Å²) < 4.78 is 5.04. The van der Waals surface area contributed by atoms with Crippen molar-refractivity contribution in [2.75, 3.05) is 7.11 Å². The second-order valence-electron chi connectivity index (χ2n) is 2.34. The van der Waals surface area contributed by atoms with Crippen LogP contribution in [0, 0.1) is 6.92 Å². The lowest BCUT2D eigenvalue weighted by Crippen LogP contribution is -2.05. The number of hydrogen-bond donors (Lipinski definition) is 0. The highest BCUT2D eigenvalue weighted by molar-refractivity contribution is 6.45. The average Bonchev–Trinajstić information content (AvgIpc) is 1.97. The van der Waals surface area contributed by atoms with Gasteiger partial charge in [-0.05, 0) is 24.6 Å². The van der Waals surface area contributed by atoms with E-state index in [4.69, 9.17) is 24.2 Å². The van der Waals surface area contributed by atoms with Crippen molar-refractivity contribution >= 4 is 24.9 Å². The lowest BCUT2D eigenvalue weighted by molar-refractivity contribution is 0.412. The summed E-state index contributed by atoms with van der Waals surface area (Å²) in [5.41, 5.74) is 1.54. The van der Waals surface area contributed by atoms with Crippen molar-refractivity contribution in [2.45, 2.75) is 6.92 Å². The third-order valence-electron chi connectivity index (χ3n) is 1.51. The molecule has 1 nitrogen and oxygen atoms in total. The molecule has 2 radical (unpaired) electrons. The molecule has 0 spiro atoms. The van der Waals surface area contributed by atoms with Crippen molar-refractivity contribution in [3.05, 3.63) is 22.7 Å². The summed E-state index contributed by atoms with van der Waals surface area (Å²) in [6.45, 7) is 1.92. The van der Waals surface area contributed by atoms with Crippen LogP contribution in [0.25, 0.3) is 0 Å². The van der Waals surface area contributed by atoms with Crippen LogP contribution in [0.5, 0.6) is 5.75 Å². The Morgan fingerprint density at radius 3 is 2.64 bits per heavy atom. The van der Waals surface area contributed by atoms with Crippen LogP contribution in [-0.2, 0) is 0 Å². The third-order valence-corrected chi connectivity index (χ3v) is 1.84. The van der Waals surface area contributed by atoms with E-state index in [2.05, 4.69) is 0 Å². The van der Waals surface area contributed by atoms with Gasteiger partial charge in [-0.2, -0.15) is 0 Å². The third kappa shape index (κ3) is 1.69. The van der Waals surface area contributed by atoms with Crippen molar-refractivity contribution < 1.29 is 4.74 Å². The molecule has 0 saturated heterocycles. The molecule has 56 valence electrons. The van der Waals surface area contributed by atoms with Gasteiger partial charge in [0.05, 0.1) is 7.11 Å². The molecular formula is C8H8BClO. The smallest absolute Gasteiger partial charge is 0.121 e. The molecule has 0 saturated carbocycles. The van der Waals surface area contributed by atoms with E-state index < -0.39 is 0 Å². The van der Waals surface area contributed by atoms with Crippen molar-refractivity contribution in [1.82, 2.24) is 0 Å². The highest BCUT2D eigenvalue weighted by Gasteiger charge is 2.00. The zero-order valence-corrected chi connectivity index (χ0v) is 7.27. The molecule has 3 heteroatoms. The highest BCUT2D eigenvalue weighted by Crippen LogP contribution is 2.18. The first-order valence-corrected chi connectivity index (χ1v) is 3.62. The number of halogens is 1. The van der Waals surface area contributed by atoms with Gasteiger partial charge in [-0.3, -0.25) is 0 Å². The molecular weight excluding hydrogens is 158 g/mol. The van der Waals surface area contributed by atoms with Crippen LogP contribution in [0.15, 0.2) is 12.1 Å². The van der Waals surface area contributed by atoms with Crippen molar-refractivity contribution in [2.24, 2.45) is 0 Å². The summed E-state index contributed by atoms with van der Waals surface area (Å²) in [4.78, 5) is 0. The fraction of sp³-hybridized carbons (Fsp3) is 0.250. The number of aryl methyl sites for hydroxylation is 1. The summed E-state index contributed by atoms with van der Waals surface area (Å²) in [5.74, 6) is 0.770. The zero-order chi connectivity index (χ0) is 8.43. The first kappa shape index (κ1) is 8.47. The molecule has 0 unspecified atom stereocenters. The largest absolute Gasteiger partial charge is 0.497 e. The van der Waals surface area contributed by atoms with E-state index in [0.29, 0.717) is 10.5 Å². The summed E-state index contributed by atoms with van der Waals surface area (Å²) in [7, 11) is 7.16. The van der Waals surface area contributed by atoms with Gasteiger partial charge in [-0.25, -0.2) is 0 Å². The minimum Gasteiger partial charge on any atom is -0.497 e. The first-order valence-electron chi connectivity index (χ1n) is 3.24. The molecule has 0 fully saturated rings. The minimum atomic E-state index is 0.550. The quantitative estimate of drug-likeness (QED) is 0.574. The Labute approximate surface area is 72.7 Å². The van der Waals surface area contributed by atoms with Crippen LogP contribution in [0.1, 0.15) is 5.56 Å². The Morgan fingerprint density at radius 1 is 1.45 bits per heavy atom. The van der Waals surface area contributed by atoms with Crippen LogP contribution in [0.4, 0.5) is 0 Å². The van der Waals surface area contributed by atoms with Crippen molar-refractivity contribution in [1.29, 1.82) is 0 Å². The van der Waals surface area contributed by atoms with E-state index in [1.54, 1.807) is 19.2 Å². The number of benzene rings is 1. The maximum atomic E-state index is 5.76. The Kier molecular flexibility index (Phi) is 2.45. The maximum Gasteiger partial charge on any atom is 0.121 e. The second kappa shape index (κ2) is 3.18. The Morgan fingerprint density at radius 2 is 2.09 bits per heavy atom. The lowest BCUT2D eigenvalue weighted by atomic mass is 9.95. The highest BCUT2D eigenvalue weighted by atomic mass is 35.5. The van der Waals surface area contributed by atoms with Crippen LogP contribution in [-0.4, -0.2) is 15.0 Å². The summed E-state index contributed by atoms with van der Waals surface area (Å²) >= 11 is 5.76. The average molecular weight is 166 g/mol. The molecule has 0 aromatic heterocycles. The molecule has 11 heavy (non-hydrogen) atoms. The number of ether oxygens (including phenoxy) is 1. The molecule has 1 rings (SSSR count). The molecule has 0 aliphatic carbocycles. The molecule has 0 atom stereocenters. The molecule has 0 aliphatic rings. The standard InChI is InChI=1S/C8H8BClO/c1-5-3-7(10)6(9)4-8(5)11-2/h3-4H,1-2H3. The molecule has 1 aromatic carbocycles. The maximum absolute atomic E-state index is 5.76. The SMILES string of the molecule is [B]c1cc(OC)c(C)cc1Cl. The Bertz CT molecular complexity index is 273. The van der Waals surface area contributed by atoms with Gasteiger partial charge in [0.1, 0.15) is 13.6 Å². The van der Waals surface area contributed by atoms with Gasteiger partial charge in [0.25, 0.3) is 0 Å². The summed E-state index contributed by atoms with van der Waals surface area (Å²) in [6, 6.07) is 3.51.